The predicted octanol–water partition coefficient (Wildman–Crippen LogP) is 2.72. The van der Waals surface area contributed by atoms with Crippen LogP contribution < -0.4 is 5.73 Å². The minimum Gasteiger partial charge on any atom is -0.375 e. The summed E-state index contributed by atoms with van der Waals surface area (Å²) in [5.74, 6) is 0. The maximum atomic E-state index is 5.83. The van der Waals surface area contributed by atoms with Crippen LogP contribution in [0.4, 0.5) is 0 Å². The molecule has 0 bridgehead atoms. The molecular formula is C18H22N2O. The summed E-state index contributed by atoms with van der Waals surface area (Å²) in [6, 6.07) is 19.4. The average molecular weight is 282 g/mol. The van der Waals surface area contributed by atoms with E-state index in [0.717, 1.165) is 19.7 Å². The number of nitrogens with zero attached hydrogens (tertiary/aromatic N) is 1. The lowest BCUT2D eigenvalue weighted by Crippen LogP contribution is -2.37. The molecule has 0 radical (unpaired) electrons. The van der Waals surface area contributed by atoms with Crippen molar-refractivity contribution in [1.29, 1.82) is 0 Å². The lowest BCUT2D eigenvalue weighted by atomic mass is 9.97. The van der Waals surface area contributed by atoms with E-state index in [2.05, 4.69) is 59.5 Å². The van der Waals surface area contributed by atoms with E-state index in [1.165, 1.54) is 16.7 Å². The Bertz CT molecular complexity index is 570. The summed E-state index contributed by atoms with van der Waals surface area (Å²) in [5, 5.41) is 0. The van der Waals surface area contributed by atoms with E-state index in [-0.39, 0.29) is 0 Å². The largest absolute Gasteiger partial charge is 0.375 e. The molecule has 0 saturated heterocycles. The van der Waals surface area contributed by atoms with Crippen LogP contribution in [0, 0.1) is 0 Å². The normalized spacial score (nSPS) is 17.7. The Labute approximate surface area is 126 Å². The van der Waals surface area contributed by atoms with E-state index >= 15 is 0 Å². The fourth-order valence-corrected chi connectivity index (χ4v) is 2.99. The molecule has 0 saturated carbocycles. The summed E-state index contributed by atoms with van der Waals surface area (Å²) in [5.41, 5.74) is 9.82. The second-order valence-electron chi connectivity index (χ2n) is 5.47. The number of benzene rings is 2. The number of nitrogens with two attached hydrogens (primary N) is 1. The van der Waals surface area contributed by atoms with Gasteiger partial charge in [-0.3, -0.25) is 4.90 Å². The highest BCUT2D eigenvalue weighted by Gasteiger charge is 2.25. The molecule has 2 aromatic carbocycles. The molecule has 0 spiro atoms. The van der Waals surface area contributed by atoms with Crippen molar-refractivity contribution in [3.8, 4) is 0 Å². The average Bonchev–Trinajstić information content (AvgIpc) is 2.55. The van der Waals surface area contributed by atoms with Crippen LogP contribution in [0.25, 0.3) is 0 Å². The summed E-state index contributed by atoms with van der Waals surface area (Å²) in [6.07, 6.45) is 0. The lowest BCUT2D eigenvalue weighted by molar-refractivity contribution is 0.0300. The molecule has 1 aliphatic rings. The summed E-state index contributed by atoms with van der Waals surface area (Å²) >= 11 is 0. The molecule has 0 aliphatic carbocycles. The highest BCUT2D eigenvalue weighted by atomic mass is 16.5. The lowest BCUT2D eigenvalue weighted by Gasteiger charge is -2.35. The van der Waals surface area contributed by atoms with Crippen molar-refractivity contribution in [3.63, 3.8) is 0 Å². The minimum absolute atomic E-state index is 0.290. The van der Waals surface area contributed by atoms with Gasteiger partial charge in [-0.2, -0.15) is 0 Å². The van der Waals surface area contributed by atoms with Crippen LogP contribution in [0.2, 0.25) is 0 Å². The quantitative estimate of drug-likeness (QED) is 0.916. The molecule has 3 rings (SSSR count). The molecule has 0 amide bonds. The van der Waals surface area contributed by atoms with Gasteiger partial charge in [0.25, 0.3) is 0 Å². The van der Waals surface area contributed by atoms with Crippen molar-refractivity contribution in [2.75, 3.05) is 19.7 Å². The Hall–Kier alpha value is -1.68. The van der Waals surface area contributed by atoms with Gasteiger partial charge in [0, 0.05) is 19.6 Å². The molecule has 2 N–H and O–H groups in total. The van der Waals surface area contributed by atoms with E-state index in [0.29, 0.717) is 19.2 Å². The zero-order valence-electron chi connectivity index (χ0n) is 12.2. The van der Waals surface area contributed by atoms with Crippen LogP contribution in [0.3, 0.4) is 0 Å². The fourth-order valence-electron chi connectivity index (χ4n) is 2.99. The van der Waals surface area contributed by atoms with Gasteiger partial charge in [0.2, 0.25) is 0 Å². The smallest absolute Gasteiger partial charge is 0.0721 e. The Balaban J connectivity index is 1.84. The van der Waals surface area contributed by atoms with Crippen LogP contribution in [0.5, 0.6) is 0 Å². The van der Waals surface area contributed by atoms with Crippen molar-refractivity contribution in [2.45, 2.75) is 19.2 Å². The number of hydrogen-bond acceptors (Lipinski definition) is 3. The Morgan fingerprint density at radius 3 is 2.62 bits per heavy atom. The first-order valence-corrected chi connectivity index (χ1v) is 7.52. The summed E-state index contributed by atoms with van der Waals surface area (Å²) in [6.45, 7) is 3.89. The van der Waals surface area contributed by atoms with Gasteiger partial charge in [-0.05, 0) is 16.7 Å². The maximum absolute atomic E-state index is 5.83. The minimum atomic E-state index is 0.290. The molecule has 0 fully saturated rings. The molecule has 110 valence electrons. The molecule has 2 aromatic rings. The first kappa shape index (κ1) is 14.3. The molecule has 21 heavy (non-hydrogen) atoms. The summed E-state index contributed by atoms with van der Waals surface area (Å²) in [7, 11) is 0. The molecule has 3 heteroatoms. The van der Waals surface area contributed by atoms with Crippen molar-refractivity contribution in [2.24, 2.45) is 5.73 Å². The monoisotopic (exact) mass is 282 g/mol. The Morgan fingerprint density at radius 2 is 1.81 bits per heavy atom. The third-order valence-electron chi connectivity index (χ3n) is 4.03. The SMILES string of the molecule is NCCN(Cc1ccccc1)C1COCc2ccccc21. The van der Waals surface area contributed by atoms with Gasteiger partial charge in [0.15, 0.2) is 0 Å². The fraction of sp³-hybridized carbons (Fsp3) is 0.333. The van der Waals surface area contributed by atoms with E-state index in [4.69, 9.17) is 10.5 Å². The van der Waals surface area contributed by atoms with Gasteiger partial charge < -0.3 is 10.5 Å². The Morgan fingerprint density at radius 1 is 1.05 bits per heavy atom. The molecule has 1 aliphatic heterocycles. The van der Waals surface area contributed by atoms with E-state index in [9.17, 15) is 0 Å². The molecular weight excluding hydrogens is 260 g/mol. The third kappa shape index (κ3) is 3.32. The van der Waals surface area contributed by atoms with E-state index in [1.54, 1.807) is 0 Å². The van der Waals surface area contributed by atoms with Crippen LogP contribution in [-0.4, -0.2) is 24.6 Å². The molecule has 1 heterocycles. The highest BCUT2D eigenvalue weighted by molar-refractivity contribution is 5.31. The number of hydrogen-bond donors (Lipinski definition) is 1. The second kappa shape index (κ2) is 6.85. The van der Waals surface area contributed by atoms with Crippen LogP contribution in [0.15, 0.2) is 54.6 Å². The predicted molar refractivity (Wildman–Crippen MR) is 84.7 cm³/mol. The molecule has 3 nitrogen and oxygen atoms in total. The molecule has 1 atom stereocenters. The third-order valence-corrected chi connectivity index (χ3v) is 4.03. The van der Waals surface area contributed by atoms with Crippen molar-refractivity contribution in [3.05, 3.63) is 71.3 Å². The van der Waals surface area contributed by atoms with Gasteiger partial charge in [0.1, 0.15) is 0 Å². The standard InChI is InChI=1S/C18H22N2O/c19-10-11-20(12-15-6-2-1-3-7-15)18-14-21-13-16-8-4-5-9-17(16)18/h1-9,18H,10-14,19H2. The summed E-state index contributed by atoms with van der Waals surface area (Å²) < 4.78 is 5.79. The van der Waals surface area contributed by atoms with Crippen molar-refractivity contribution < 1.29 is 4.74 Å². The number of rotatable bonds is 5. The maximum Gasteiger partial charge on any atom is 0.0721 e. The van der Waals surface area contributed by atoms with Gasteiger partial charge >= 0.3 is 0 Å². The van der Waals surface area contributed by atoms with Crippen LogP contribution in [0.1, 0.15) is 22.7 Å². The summed E-state index contributed by atoms with van der Waals surface area (Å²) in [4.78, 5) is 2.42. The van der Waals surface area contributed by atoms with Gasteiger partial charge in [-0.25, -0.2) is 0 Å². The first-order valence-electron chi connectivity index (χ1n) is 7.52. The molecule has 0 aromatic heterocycles. The molecule has 1 unspecified atom stereocenters. The topological polar surface area (TPSA) is 38.5 Å². The van der Waals surface area contributed by atoms with Crippen molar-refractivity contribution in [1.82, 2.24) is 4.90 Å². The number of ether oxygens (including phenoxy) is 1. The van der Waals surface area contributed by atoms with Gasteiger partial charge in [0.05, 0.1) is 19.3 Å². The highest BCUT2D eigenvalue weighted by Crippen LogP contribution is 2.30. The zero-order valence-corrected chi connectivity index (χ0v) is 12.2. The van der Waals surface area contributed by atoms with Gasteiger partial charge in [-0.15, -0.1) is 0 Å². The van der Waals surface area contributed by atoms with Crippen molar-refractivity contribution >= 4 is 0 Å². The second-order valence-corrected chi connectivity index (χ2v) is 5.47. The van der Waals surface area contributed by atoms with E-state index < -0.39 is 0 Å². The Kier molecular flexibility index (Phi) is 4.65. The van der Waals surface area contributed by atoms with Crippen LogP contribution >= 0.6 is 0 Å². The first-order chi connectivity index (χ1) is 10.4. The number of fused-ring (bicyclic) bond motifs is 1. The zero-order chi connectivity index (χ0) is 14.5. The van der Waals surface area contributed by atoms with Gasteiger partial charge in [-0.1, -0.05) is 54.6 Å². The van der Waals surface area contributed by atoms with E-state index in [1.807, 2.05) is 0 Å². The van der Waals surface area contributed by atoms with Crippen LogP contribution in [-0.2, 0) is 17.9 Å².